The van der Waals surface area contributed by atoms with E-state index in [9.17, 15) is 39.4 Å². The summed E-state index contributed by atoms with van der Waals surface area (Å²) in [6.45, 7) is -0.690. The van der Waals surface area contributed by atoms with Crippen molar-refractivity contribution >= 4 is 34.9 Å². The number of hydrogen-bond donors (Lipinski definition) is 0. The van der Waals surface area contributed by atoms with Gasteiger partial charge in [0, 0.05) is 47.2 Å². The van der Waals surface area contributed by atoms with Crippen molar-refractivity contribution in [1.29, 1.82) is 0 Å². The topological polar surface area (TPSA) is 170 Å². The van der Waals surface area contributed by atoms with Gasteiger partial charge in [-0.2, -0.15) is 5.01 Å². The van der Waals surface area contributed by atoms with Gasteiger partial charge in [-0.05, 0) is 70.8 Å². The van der Waals surface area contributed by atoms with Crippen LogP contribution in [0, 0.1) is 32.1 Å². The largest absolute Gasteiger partial charge is 0.457 e. The van der Waals surface area contributed by atoms with Crippen LogP contribution in [0.3, 0.4) is 0 Å². The van der Waals surface area contributed by atoms with E-state index in [0.717, 1.165) is 44.4 Å². The molecule has 2 atom stereocenters. The van der Waals surface area contributed by atoms with Gasteiger partial charge in [-0.3, -0.25) is 39.4 Å². The van der Waals surface area contributed by atoms with Crippen LogP contribution in [0.15, 0.2) is 121 Å². The second kappa shape index (κ2) is 12.4. The molecule has 0 saturated carbocycles. The number of hydrazine groups is 1. The molecule has 1 fully saturated rings. The predicted octanol–water partition coefficient (Wildman–Crippen LogP) is 6.43. The lowest BCUT2D eigenvalue weighted by molar-refractivity contribution is -0.385. The Morgan fingerprint density at radius 3 is 1.40 bits per heavy atom. The van der Waals surface area contributed by atoms with Crippen molar-refractivity contribution in [3.63, 3.8) is 0 Å². The molecule has 256 valence electrons. The van der Waals surface area contributed by atoms with Crippen LogP contribution >= 0.6 is 0 Å². The first-order valence-electron chi connectivity index (χ1n) is 16.3. The van der Waals surface area contributed by atoms with E-state index in [4.69, 9.17) is 4.74 Å². The maximum atomic E-state index is 14.5. The molecule has 4 aliphatic rings. The fraction of sp³-hybridized carbons (Fsp3) is 0.128. The molecule has 0 aromatic heterocycles. The number of carbonyl (C=O) groups is 4. The number of ether oxygens (including phenoxy) is 1. The van der Waals surface area contributed by atoms with Gasteiger partial charge in [0.2, 0.25) is 0 Å². The van der Waals surface area contributed by atoms with Crippen molar-refractivity contribution in [3.8, 4) is 11.5 Å². The summed E-state index contributed by atoms with van der Waals surface area (Å²) >= 11 is 0. The summed E-state index contributed by atoms with van der Waals surface area (Å²) < 4.78 is 5.75. The molecule has 0 N–H and O–H groups in total. The van der Waals surface area contributed by atoms with Gasteiger partial charge in [-0.25, -0.2) is 5.01 Å². The van der Waals surface area contributed by atoms with E-state index in [1.807, 2.05) is 48.5 Å². The summed E-state index contributed by atoms with van der Waals surface area (Å²) in [5.41, 5.74) is 3.49. The van der Waals surface area contributed by atoms with Crippen molar-refractivity contribution in [2.75, 3.05) is 6.54 Å². The predicted molar refractivity (Wildman–Crippen MR) is 183 cm³/mol. The molecule has 5 aromatic rings. The Kier molecular flexibility index (Phi) is 7.67. The molecule has 1 saturated heterocycles. The van der Waals surface area contributed by atoms with E-state index < -0.39 is 63.6 Å². The van der Waals surface area contributed by atoms with Crippen molar-refractivity contribution < 1.29 is 33.8 Å². The number of ketones is 1. The average Bonchev–Trinajstić information content (AvgIpc) is 3.43. The van der Waals surface area contributed by atoms with E-state index in [0.29, 0.717) is 11.5 Å². The van der Waals surface area contributed by atoms with Gasteiger partial charge in [-0.1, -0.05) is 48.5 Å². The van der Waals surface area contributed by atoms with Gasteiger partial charge >= 0.3 is 0 Å². The Morgan fingerprint density at radius 2 is 0.981 bits per heavy atom. The molecule has 0 unspecified atom stereocenters. The normalized spacial score (nSPS) is 19.3. The van der Waals surface area contributed by atoms with Gasteiger partial charge in [0.1, 0.15) is 18.0 Å². The molecule has 13 heteroatoms. The molecule has 3 aliphatic carbocycles. The summed E-state index contributed by atoms with van der Waals surface area (Å²) in [5.74, 6) is -4.54. The molecule has 5 aromatic carbocycles. The number of hydrogen-bond acceptors (Lipinski definition) is 9. The van der Waals surface area contributed by atoms with Crippen LogP contribution in [-0.2, 0) is 9.59 Å². The Labute approximate surface area is 294 Å². The smallest absolute Gasteiger partial charge is 0.273 e. The summed E-state index contributed by atoms with van der Waals surface area (Å²) in [7, 11) is 0. The molecule has 2 bridgehead atoms. The van der Waals surface area contributed by atoms with Gasteiger partial charge in [0.15, 0.2) is 5.78 Å². The van der Waals surface area contributed by atoms with Crippen molar-refractivity contribution in [2.45, 2.75) is 11.8 Å². The zero-order chi connectivity index (χ0) is 36.3. The first-order chi connectivity index (χ1) is 25.1. The molecule has 1 aliphatic heterocycles. The van der Waals surface area contributed by atoms with E-state index in [-0.39, 0.29) is 22.5 Å². The van der Waals surface area contributed by atoms with Crippen LogP contribution in [0.25, 0.3) is 0 Å². The highest BCUT2D eigenvalue weighted by molar-refractivity contribution is 6.11. The molecular weight excluding hydrogens is 668 g/mol. The summed E-state index contributed by atoms with van der Waals surface area (Å²) in [6.07, 6.45) is 0. The van der Waals surface area contributed by atoms with Crippen LogP contribution in [0.1, 0.15) is 54.8 Å². The first kappa shape index (κ1) is 32.2. The molecule has 3 amide bonds. The van der Waals surface area contributed by atoms with Crippen LogP contribution in [0.2, 0.25) is 0 Å². The van der Waals surface area contributed by atoms with Crippen molar-refractivity contribution in [3.05, 3.63) is 175 Å². The third-order valence-corrected chi connectivity index (χ3v) is 9.98. The van der Waals surface area contributed by atoms with Crippen molar-refractivity contribution in [1.82, 2.24) is 10.0 Å². The van der Waals surface area contributed by atoms with E-state index in [2.05, 4.69) is 0 Å². The summed E-state index contributed by atoms with van der Waals surface area (Å²) in [6, 6.07) is 31.5. The number of benzene rings is 5. The molecule has 13 nitrogen and oxygen atoms in total. The third-order valence-electron chi connectivity index (χ3n) is 9.98. The zero-order valence-electron chi connectivity index (χ0n) is 27.0. The Hall–Kier alpha value is -7.02. The summed E-state index contributed by atoms with van der Waals surface area (Å²) in [5, 5.41) is 23.9. The monoisotopic (exact) mass is 694 g/mol. The lowest BCUT2D eigenvalue weighted by Crippen LogP contribution is -2.52. The number of amides is 3. The second-order valence-electron chi connectivity index (χ2n) is 12.7. The highest BCUT2D eigenvalue weighted by atomic mass is 16.6. The highest BCUT2D eigenvalue weighted by Crippen LogP contribution is 2.61. The van der Waals surface area contributed by atoms with E-state index >= 15 is 0 Å². The average molecular weight is 695 g/mol. The van der Waals surface area contributed by atoms with Gasteiger partial charge < -0.3 is 4.74 Å². The minimum Gasteiger partial charge on any atom is -0.457 e. The zero-order valence-corrected chi connectivity index (χ0v) is 27.0. The number of Topliss-reactive ketones (excluding diaryl/α,β-unsaturated/α-hetero) is 1. The lowest BCUT2D eigenvalue weighted by Gasteiger charge is -2.45. The number of non-ortho nitro benzene ring substituents is 2. The van der Waals surface area contributed by atoms with E-state index in [1.165, 1.54) is 60.7 Å². The number of carbonyl (C=O) groups excluding carboxylic acids is 4. The first-order valence-corrected chi connectivity index (χ1v) is 16.3. The van der Waals surface area contributed by atoms with Crippen LogP contribution < -0.4 is 4.74 Å². The lowest BCUT2D eigenvalue weighted by atomic mass is 9.55. The Balaban J connectivity index is 1.12. The fourth-order valence-corrected chi connectivity index (χ4v) is 7.72. The maximum absolute atomic E-state index is 14.5. The Bertz CT molecular complexity index is 2210. The Morgan fingerprint density at radius 1 is 0.596 bits per heavy atom. The molecule has 0 radical (unpaired) electrons. The molecule has 52 heavy (non-hydrogen) atoms. The number of nitro benzene ring substituents is 2. The molecule has 0 spiro atoms. The minimum atomic E-state index is -0.857. The fourth-order valence-electron chi connectivity index (χ4n) is 7.72. The second-order valence-corrected chi connectivity index (χ2v) is 12.7. The standard InChI is InChI=1S/C39H26N4O9/c44-32(22-11-17-26(18-12-22)52-27-19-15-25(16-20-27)43(50)51)21-40(37(45)23-9-13-24(14-10-23)42(48)49)41-38(46)35-33-28-5-1-2-6-29(28)34(36(35)39(41)47)31-8-4-3-7-30(31)33/h1-20,33-36H,21H2/t33?,34?,35-,36-/m1/s1. The number of nitro groups is 2. The minimum absolute atomic E-state index is 0.0599. The number of imide groups is 1. The SMILES string of the molecule is O=C(CN(C(=O)c1ccc([N+](=O)[O-])cc1)N1C(=O)[C@@H]2C3c4ccccc4C(c4ccccc43)[C@H]2C1=O)c1ccc(Oc2ccc([N+](=O)[O-])cc2)cc1. The van der Waals surface area contributed by atoms with Crippen molar-refractivity contribution in [2.24, 2.45) is 11.8 Å². The molecule has 9 rings (SSSR count). The third kappa shape index (κ3) is 5.18. The number of rotatable bonds is 9. The maximum Gasteiger partial charge on any atom is 0.273 e. The molecular formula is C39H26N4O9. The molecule has 1 heterocycles. The van der Waals surface area contributed by atoms with Gasteiger partial charge in [-0.15, -0.1) is 0 Å². The number of nitrogens with zero attached hydrogens (tertiary/aromatic N) is 4. The van der Waals surface area contributed by atoms with Crippen LogP contribution in [0.4, 0.5) is 11.4 Å². The quantitative estimate of drug-likeness (QED) is 0.0730. The highest BCUT2D eigenvalue weighted by Gasteiger charge is 2.63. The van der Waals surface area contributed by atoms with E-state index in [1.54, 1.807) is 0 Å². The van der Waals surface area contributed by atoms with Gasteiger partial charge in [0.25, 0.3) is 29.1 Å². The summed E-state index contributed by atoms with van der Waals surface area (Å²) in [4.78, 5) is 78.3. The van der Waals surface area contributed by atoms with Crippen LogP contribution in [-0.4, -0.2) is 49.9 Å². The van der Waals surface area contributed by atoms with Gasteiger partial charge in [0.05, 0.1) is 21.7 Å². The van der Waals surface area contributed by atoms with Crippen LogP contribution in [0.5, 0.6) is 11.5 Å².